The summed E-state index contributed by atoms with van der Waals surface area (Å²) in [6.45, 7) is 4.23. The second-order valence-corrected chi connectivity index (χ2v) is 6.10. The molecule has 0 N–H and O–H groups in total. The molecule has 0 radical (unpaired) electrons. The molecule has 4 rings (SSSR count). The Hall–Kier alpha value is -1.55. The van der Waals surface area contributed by atoms with E-state index in [4.69, 9.17) is 13.9 Å². The van der Waals surface area contributed by atoms with E-state index in [0.717, 1.165) is 24.0 Å². The Morgan fingerprint density at radius 2 is 2.21 bits per heavy atom. The lowest BCUT2D eigenvalue weighted by Gasteiger charge is -2.45. The van der Waals surface area contributed by atoms with Gasteiger partial charge < -0.3 is 13.9 Å². The highest BCUT2D eigenvalue weighted by atomic mass is 16.6. The van der Waals surface area contributed by atoms with E-state index >= 15 is 0 Å². The highest BCUT2D eigenvalue weighted by Crippen LogP contribution is 2.63. The number of carbonyl (C=O) groups excluding carboxylic acids is 1. The number of cyclic esters (lactones) is 1. The van der Waals surface area contributed by atoms with Gasteiger partial charge in [0.15, 0.2) is 0 Å². The van der Waals surface area contributed by atoms with Crippen LogP contribution in [0.15, 0.2) is 34.7 Å². The van der Waals surface area contributed by atoms with E-state index in [2.05, 4.69) is 13.8 Å². The zero-order valence-electron chi connectivity index (χ0n) is 11.0. The topological polar surface area (TPSA) is 52.0 Å². The number of hydrogen-bond donors (Lipinski definition) is 0. The van der Waals surface area contributed by atoms with Gasteiger partial charge in [-0.15, -0.1) is 0 Å². The maximum Gasteiger partial charge on any atom is 0.331 e. The van der Waals surface area contributed by atoms with Gasteiger partial charge in [-0.1, -0.05) is 6.92 Å². The predicted octanol–water partition coefficient (Wildman–Crippen LogP) is 2.76. The first kappa shape index (κ1) is 11.3. The normalized spacial score (nSPS) is 43.9. The number of ether oxygens (including phenoxy) is 2. The van der Waals surface area contributed by atoms with Crippen LogP contribution < -0.4 is 0 Å². The largest absolute Gasteiger partial charge is 0.472 e. The van der Waals surface area contributed by atoms with Crippen molar-refractivity contribution in [3.05, 3.63) is 35.8 Å². The van der Waals surface area contributed by atoms with Gasteiger partial charge >= 0.3 is 5.97 Å². The van der Waals surface area contributed by atoms with Crippen molar-refractivity contribution in [2.45, 2.75) is 44.5 Å². The summed E-state index contributed by atoms with van der Waals surface area (Å²) in [5.74, 6) is -0.281. The number of epoxide rings is 1. The van der Waals surface area contributed by atoms with Crippen molar-refractivity contribution in [1.82, 2.24) is 0 Å². The van der Waals surface area contributed by atoms with Gasteiger partial charge in [-0.05, 0) is 31.4 Å². The summed E-state index contributed by atoms with van der Waals surface area (Å²) in [6.07, 6.45) is 6.87. The fraction of sp³-hybridized carbons (Fsp3) is 0.533. The molecular weight excluding hydrogens is 244 g/mol. The number of rotatable bonds is 1. The highest BCUT2D eigenvalue weighted by molar-refractivity contribution is 5.85. The summed E-state index contributed by atoms with van der Waals surface area (Å²) >= 11 is 0. The van der Waals surface area contributed by atoms with Gasteiger partial charge in [0.05, 0.1) is 18.6 Å². The Balaban J connectivity index is 1.84. The fourth-order valence-corrected chi connectivity index (χ4v) is 3.80. The van der Waals surface area contributed by atoms with Crippen LogP contribution in [0, 0.1) is 5.41 Å². The molecule has 1 saturated carbocycles. The average Bonchev–Trinajstić information content (AvgIpc) is 2.83. The van der Waals surface area contributed by atoms with Gasteiger partial charge in [0.2, 0.25) is 0 Å². The lowest BCUT2D eigenvalue weighted by Crippen LogP contribution is -2.43. The van der Waals surface area contributed by atoms with E-state index in [-0.39, 0.29) is 29.2 Å². The minimum absolute atomic E-state index is 0.195. The van der Waals surface area contributed by atoms with Crippen LogP contribution in [0.2, 0.25) is 0 Å². The third kappa shape index (κ3) is 1.35. The van der Waals surface area contributed by atoms with E-state index in [1.165, 1.54) is 0 Å². The molecule has 1 aromatic heterocycles. The van der Waals surface area contributed by atoms with Crippen LogP contribution in [0.3, 0.4) is 0 Å². The van der Waals surface area contributed by atoms with Gasteiger partial charge in [-0.2, -0.15) is 0 Å². The first-order valence-electron chi connectivity index (χ1n) is 6.67. The minimum atomic E-state index is -0.281. The van der Waals surface area contributed by atoms with Crippen molar-refractivity contribution in [2.75, 3.05) is 0 Å². The number of carbonyl (C=O) groups is 1. The molecule has 2 aliphatic heterocycles. The molecule has 1 saturated heterocycles. The summed E-state index contributed by atoms with van der Waals surface area (Å²) in [5.41, 5.74) is 1.54. The standard InChI is InChI=1S/C15H16O4/c1-14-5-3-11-15(2,19-11)10(14)7-12(16)18-13(14)9-4-6-17-8-9/h4,6-8,11,13H,3,5H2,1-2H3/t11?,13?,14-,15-/m1/s1. The summed E-state index contributed by atoms with van der Waals surface area (Å²) < 4.78 is 16.5. The SMILES string of the molecule is C[C@@]12CCC3O[C@]3(C)C1=CC(=O)OC2c1ccoc1. The van der Waals surface area contributed by atoms with Crippen molar-refractivity contribution >= 4 is 5.97 Å². The Morgan fingerprint density at radius 1 is 1.37 bits per heavy atom. The van der Waals surface area contributed by atoms with E-state index in [9.17, 15) is 4.79 Å². The van der Waals surface area contributed by atoms with Crippen LogP contribution in [-0.2, 0) is 14.3 Å². The van der Waals surface area contributed by atoms with Gasteiger partial charge in [-0.25, -0.2) is 4.79 Å². The second kappa shape index (κ2) is 3.31. The van der Waals surface area contributed by atoms with Crippen LogP contribution in [0.4, 0.5) is 0 Å². The Labute approximate surface area is 111 Å². The first-order valence-corrected chi connectivity index (χ1v) is 6.67. The molecule has 1 aromatic rings. The van der Waals surface area contributed by atoms with Gasteiger partial charge in [0.25, 0.3) is 0 Å². The fourth-order valence-electron chi connectivity index (χ4n) is 3.80. The van der Waals surface area contributed by atoms with E-state index in [0.29, 0.717) is 0 Å². The molecule has 0 aromatic carbocycles. The van der Waals surface area contributed by atoms with Gasteiger partial charge in [0.1, 0.15) is 11.7 Å². The summed E-state index contributed by atoms with van der Waals surface area (Å²) in [7, 11) is 0. The molecule has 0 amide bonds. The molecule has 19 heavy (non-hydrogen) atoms. The number of fused-ring (bicyclic) bond motifs is 3. The molecular formula is C15H16O4. The molecule has 3 aliphatic rings. The lowest BCUT2D eigenvalue weighted by molar-refractivity contribution is -0.153. The molecule has 4 atom stereocenters. The monoisotopic (exact) mass is 260 g/mol. The molecule has 0 spiro atoms. The second-order valence-electron chi connectivity index (χ2n) is 6.10. The lowest BCUT2D eigenvalue weighted by atomic mass is 9.62. The van der Waals surface area contributed by atoms with Crippen LogP contribution >= 0.6 is 0 Å². The maximum atomic E-state index is 11.9. The van der Waals surface area contributed by atoms with Crippen molar-refractivity contribution in [3.8, 4) is 0 Å². The zero-order valence-corrected chi connectivity index (χ0v) is 11.0. The Kier molecular flexibility index (Phi) is 1.97. The average molecular weight is 260 g/mol. The summed E-state index contributed by atoms with van der Waals surface area (Å²) in [4.78, 5) is 11.9. The number of hydrogen-bond acceptors (Lipinski definition) is 4. The van der Waals surface area contributed by atoms with Gasteiger partial charge in [-0.3, -0.25) is 0 Å². The van der Waals surface area contributed by atoms with E-state index in [1.807, 2.05) is 6.07 Å². The molecule has 0 bridgehead atoms. The zero-order chi connectivity index (χ0) is 13.3. The number of furan rings is 1. The summed E-state index contributed by atoms with van der Waals surface area (Å²) in [6, 6.07) is 1.87. The Morgan fingerprint density at radius 3 is 2.95 bits per heavy atom. The predicted molar refractivity (Wildman–Crippen MR) is 66.2 cm³/mol. The van der Waals surface area contributed by atoms with Gasteiger partial charge in [0, 0.05) is 17.1 Å². The molecule has 2 fully saturated rings. The molecule has 100 valence electrons. The molecule has 4 heteroatoms. The maximum absolute atomic E-state index is 11.9. The highest BCUT2D eigenvalue weighted by Gasteiger charge is 2.65. The van der Waals surface area contributed by atoms with Crippen molar-refractivity contribution in [1.29, 1.82) is 0 Å². The van der Waals surface area contributed by atoms with E-state index in [1.54, 1.807) is 18.6 Å². The first-order chi connectivity index (χ1) is 9.04. The van der Waals surface area contributed by atoms with Crippen molar-refractivity contribution < 1.29 is 18.7 Å². The molecule has 1 aliphatic carbocycles. The van der Waals surface area contributed by atoms with Crippen LogP contribution in [0.25, 0.3) is 0 Å². The van der Waals surface area contributed by atoms with Crippen molar-refractivity contribution in [3.63, 3.8) is 0 Å². The third-order valence-electron chi connectivity index (χ3n) is 4.94. The van der Waals surface area contributed by atoms with Crippen LogP contribution in [-0.4, -0.2) is 17.7 Å². The molecule has 2 unspecified atom stereocenters. The Bertz CT molecular complexity index is 573. The van der Waals surface area contributed by atoms with Crippen molar-refractivity contribution in [2.24, 2.45) is 5.41 Å². The molecule has 4 nitrogen and oxygen atoms in total. The molecule has 3 heterocycles. The smallest absolute Gasteiger partial charge is 0.331 e. The van der Waals surface area contributed by atoms with E-state index < -0.39 is 0 Å². The van der Waals surface area contributed by atoms with Crippen LogP contribution in [0.1, 0.15) is 38.4 Å². The quantitative estimate of drug-likeness (QED) is 0.575. The minimum Gasteiger partial charge on any atom is -0.472 e. The number of esters is 1. The summed E-state index contributed by atoms with van der Waals surface area (Å²) in [5, 5.41) is 0. The third-order valence-corrected chi connectivity index (χ3v) is 4.94. The van der Waals surface area contributed by atoms with Crippen LogP contribution in [0.5, 0.6) is 0 Å².